The normalized spacial score (nSPS) is 16.1. The van der Waals surface area contributed by atoms with Gasteiger partial charge in [-0.2, -0.15) is 0 Å². The van der Waals surface area contributed by atoms with Crippen LogP contribution in [0.15, 0.2) is 54.6 Å². The van der Waals surface area contributed by atoms with Gasteiger partial charge < -0.3 is 19.3 Å². The molecule has 0 saturated carbocycles. The van der Waals surface area contributed by atoms with E-state index in [4.69, 9.17) is 9.47 Å². The van der Waals surface area contributed by atoms with Crippen LogP contribution >= 0.6 is 0 Å². The zero-order valence-corrected chi connectivity index (χ0v) is 20.0. The molecule has 0 unspecified atom stereocenters. The van der Waals surface area contributed by atoms with E-state index in [9.17, 15) is 9.59 Å². The van der Waals surface area contributed by atoms with Gasteiger partial charge >= 0.3 is 0 Å². The van der Waals surface area contributed by atoms with E-state index in [2.05, 4.69) is 4.90 Å². The third-order valence-corrected chi connectivity index (χ3v) is 6.07. The lowest BCUT2D eigenvalue weighted by molar-refractivity contribution is -0.136. The van der Waals surface area contributed by atoms with Crippen LogP contribution < -0.4 is 14.4 Å². The van der Waals surface area contributed by atoms with Gasteiger partial charge in [0.2, 0.25) is 11.8 Å². The van der Waals surface area contributed by atoms with Gasteiger partial charge in [-0.05, 0) is 17.7 Å². The van der Waals surface area contributed by atoms with E-state index in [1.807, 2.05) is 79.4 Å². The van der Waals surface area contributed by atoms with Gasteiger partial charge in [0, 0.05) is 50.4 Å². The van der Waals surface area contributed by atoms with Crippen LogP contribution in [0, 0.1) is 5.92 Å². The number of ether oxygens (including phenoxy) is 2. The van der Waals surface area contributed by atoms with Gasteiger partial charge in [0.15, 0.2) is 11.5 Å². The minimum atomic E-state index is -0.00437. The number of anilines is 1. The molecule has 0 N–H and O–H groups in total. The minimum absolute atomic E-state index is 0.00437. The van der Waals surface area contributed by atoms with Crippen LogP contribution in [-0.4, -0.2) is 74.1 Å². The third kappa shape index (κ3) is 5.97. The Morgan fingerprint density at radius 1 is 0.971 bits per heavy atom. The van der Waals surface area contributed by atoms with Gasteiger partial charge in [-0.1, -0.05) is 56.3 Å². The highest BCUT2D eigenvalue weighted by atomic mass is 16.6. The van der Waals surface area contributed by atoms with Crippen LogP contribution in [0.25, 0.3) is 6.08 Å². The number of nitrogens with zero attached hydrogens (tertiary/aromatic N) is 3. The van der Waals surface area contributed by atoms with Crippen LogP contribution in [0.3, 0.4) is 0 Å². The molecule has 0 aromatic heterocycles. The maximum absolute atomic E-state index is 13.4. The summed E-state index contributed by atoms with van der Waals surface area (Å²) in [5.74, 6) is 1.55. The summed E-state index contributed by atoms with van der Waals surface area (Å²) in [5.41, 5.74) is 1.86. The smallest absolute Gasteiger partial charge is 0.241 e. The van der Waals surface area contributed by atoms with Crippen molar-refractivity contribution >= 4 is 23.6 Å². The largest absolute Gasteiger partial charge is 0.486 e. The number of amides is 2. The predicted molar refractivity (Wildman–Crippen MR) is 133 cm³/mol. The highest BCUT2D eigenvalue weighted by molar-refractivity contribution is 5.95. The second-order valence-corrected chi connectivity index (χ2v) is 8.90. The fourth-order valence-corrected chi connectivity index (χ4v) is 4.18. The number of fused-ring (bicyclic) bond motifs is 1. The Labute approximate surface area is 201 Å². The molecule has 2 aliphatic rings. The quantitative estimate of drug-likeness (QED) is 0.631. The van der Waals surface area contributed by atoms with Gasteiger partial charge in [-0.15, -0.1) is 0 Å². The van der Waals surface area contributed by atoms with E-state index in [1.54, 1.807) is 4.90 Å². The fourth-order valence-electron chi connectivity index (χ4n) is 4.18. The van der Waals surface area contributed by atoms with Crippen LogP contribution in [0.4, 0.5) is 5.69 Å². The Morgan fingerprint density at radius 2 is 1.68 bits per heavy atom. The Hall–Kier alpha value is -3.32. The summed E-state index contributed by atoms with van der Waals surface area (Å²) in [7, 11) is 0. The second kappa shape index (κ2) is 11.2. The summed E-state index contributed by atoms with van der Waals surface area (Å²) in [6, 6.07) is 15.7. The molecule has 2 heterocycles. The highest BCUT2D eigenvalue weighted by Crippen LogP contribution is 2.34. The van der Waals surface area contributed by atoms with E-state index in [1.165, 1.54) is 0 Å². The van der Waals surface area contributed by atoms with E-state index in [0.29, 0.717) is 64.0 Å². The third-order valence-electron chi connectivity index (χ3n) is 6.07. The van der Waals surface area contributed by atoms with Gasteiger partial charge in [-0.25, -0.2) is 0 Å². The number of rotatable bonds is 7. The molecule has 0 bridgehead atoms. The Balaban J connectivity index is 1.45. The molecule has 4 rings (SSSR count). The summed E-state index contributed by atoms with van der Waals surface area (Å²) >= 11 is 0. The van der Waals surface area contributed by atoms with E-state index >= 15 is 0 Å². The maximum atomic E-state index is 13.4. The number of carbonyl (C=O) groups excluding carboxylic acids is 2. The summed E-state index contributed by atoms with van der Waals surface area (Å²) in [5, 5.41) is 0. The van der Waals surface area contributed by atoms with Crippen LogP contribution in [0.2, 0.25) is 0 Å². The highest BCUT2D eigenvalue weighted by Gasteiger charge is 2.26. The first-order chi connectivity index (χ1) is 16.5. The summed E-state index contributed by atoms with van der Waals surface area (Å²) in [6.07, 6.45) is 4.03. The summed E-state index contributed by atoms with van der Waals surface area (Å²) < 4.78 is 11.4. The van der Waals surface area contributed by atoms with Crippen molar-refractivity contribution in [1.29, 1.82) is 0 Å². The fraction of sp³-hybridized carbons (Fsp3) is 0.407. The van der Waals surface area contributed by atoms with Crippen molar-refractivity contribution in [1.82, 2.24) is 9.80 Å². The van der Waals surface area contributed by atoms with E-state index < -0.39 is 0 Å². The predicted octanol–water partition coefficient (Wildman–Crippen LogP) is 3.30. The van der Waals surface area contributed by atoms with Crippen molar-refractivity contribution in [3.8, 4) is 11.5 Å². The Bertz CT molecular complexity index is 1010. The summed E-state index contributed by atoms with van der Waals surface area (Å²) in [6.45, 7) is 8.32. The zero-order valence-electron chi connectivity index (χ0n) is 20.0. The molecule has 1 fully saturated rings. The topological polar surface area (TPSA) is 62.3 Å². The molecule has 0 aliphatic carbocycles. The molecule has 2 amide bonds. The minimum Gasteiger partial charge on any atom is -0.486 e. The average Bonchev–Trinajstić information content (AvgIpc) is 2.87. The first-order valence-corrected chi connectivity index (χ1v) is 11.9. The number of piperazine rings is 1. The van der Waals surface area contributed by atoms with Crippen molar-refractivity contribution in [3.05, 3.63) is 60.2 Å². The SMILES string of the molecule is CC(C)C(=O)N1CCN(CC(=O)N(C/C=C/c2ccccc2)c2ccc3c(c2)OCCO3)CC1. The van der Waals surface area contributed by atoms with Gasteiger partial charge in [0.05, 0.1) is 6.54 Å². The first-order valence-electron chi connectivity index (χ1n) is 11.9. The number of hydrogen-bond donors (Lipinski definition) is 0. The lowest BCUT2D eigenvalue weighted by atomic mass is 10.1. The molecule has 7 nitrogen and oxygen atoms in total. The van der Waals surface area contributed by atoms with Gasteiger partial charge in [0.25, 0.3) is 0 Å². The molecule has 2 aliphatic heterocycles. The van der Waals surface area contributed by atoms with E-state index in [0.717, 1.165) is 11.3 Å². The molecule has 2 aromatic carbocycles. The lowest BCUT2D eigenvalue weighted by Gasteiger charge is -2.36. The van der Waals surface area contributed by atoms with Crippen LogP contribution in [0.5, 0.6) is 11.5 Å². The molecule has 2 aromatic rings. The monoisotopic (exact) mass is 463 g/mol. The molecule has 180 valence electrons. The number of hydrogen-bond acceptors (Lipinski definition) is 5. The van der Waals surface area contributed by atoms with Gasteiger partial charge in [0.1, 0.15) is 13.2 Å². The first kappa shape index (κ1) is 23.8. The molecule has 7 heteroatoms. The van der Waals surface area contributed by atoms with Crippen molar-refractivity contribution in [2.75, 3.05) is 57.4 Å². The molecule has 34 heavy (non-hydrogen) atoms. The average molecular weight is 464 g/mol. The molecule has 1 saturated heterocycles. The number of carbonyl (C=O) groups is 2. The maximum Gasteiger partial charge on any atom is 0.241 e. The van der Waals surface area contributed by atoms with Gasteiger partial charge in [-0.3, -0.25) is 14.5 Å². The summed E-state index contributed by atoms with van der Waals surface area (Å²) in [4.78, 5) is 31.5. The molecule has 0 atom stereocenters. The van der Waals surface area contributed by atoms with Crippen molar-refractivity contribution in [3.63, 3.8) is 0 Å². The zero-order chi connectivity index (χ0) is 23.9. The van der Waals surface area contributed by atoms with E-state index in [-0.39, 0.29) is 17.7 Å². The van der Waals surface area contributed by atoms with Crippen LogP contribution in [0.1, 0.15) is 19.4 Å². The molecular formula is C27H33N3O4. The molecule has 0 radical (unpaired) electrons. The van der Waals surface area contributed by atoms with Crippen molar-refractivity contribution in [2.24, 2.45) is 5.92 Å². The molecular weight excluding hydrogens is 430 g/mol. The lowest BCUT2D eigenvalue weighted by Crippen LogP contribution is -2.52. The van der Waals surface area contributed by atoms with Crippen molar-refractivity contribution in [2.45, 2.75) is 13.8 Å². The molecule has 0 spiro atoms. The van der Waals surface area contributed by atoms with Crippen molar-refractivity contribution < 1.29 is 19.1 Å². The number of benzene rings is 2. The standard InChI is InChI=1S/C27H33N3O4/c1-21(2)27(32)29-15-13-28(14-16-29)20-26(31)30(12-6-9-22-7-4-3-5-8-22)23-10-11-24-25(19-23)34-18-17-33-24/h3-11,19,21H,12-18,20H2,1-2H3/b9-6+. The van der Waals surface area contributed by atoms with Crippen LogP contribution in [-0.2, 0) is 9.59 Å². The Morgan fingerprint density at radius 3 is 2.38 bits per heavy atom. The second-order valence-electron chi connectivity index (χ2n) is 8.90. The Kier molecular flexibility index (Phi) is 7.85.